The maximum Gasteiger partial charge on any atom is 0.408 e. The lowest BCUT2D eigenvalue weighted by atomic mass is 9.54. The van der Waals surface area contributed by atoms with Crippen molar-refractivity contribution < 1.29 is 28.7 Å². The van der Waals surface area contributed by atoms with Gasteiger partial charge in [0.25, 0.3) is 5.91 Å². The van der Waals surface area contributed by atoms with E-state index in [1.165, 1.54) is 19.3 Å². The van der Waals surface area contributed by atoms with Gasteiger partial charge in [-0.3, -0.25) is 19.2 Å². The van der Waals surface area contributed by atoms with Gasteiger partial charge < -0.3 is 26.0 Å². The minimum absolute atomic E-state index is 0.0217. The molecule has 1 heterocycles. The third-order valence-electron chi connectivity index (χ3n) is 13.4. The molecule has 0 spiro atoms. The van der Waals surface area contributed by atoms with Gasteiger partial charge in [-0.1, -0.05) is 52.4 Å². The predicted octanol–water partition coefficient (Wildman–Crippen LogP) is 3.84. The number of Topliss-reactive ketones (excluding diaryl/α,β-unsaturated/α-hetero) is 1. The Balaban J connectivity index is 1.09. The first-order valence-corrected chi connectivity index (χ1v) is 17.9. The van der Waals surface area contributed by atoms with Gasteiger partial charge in [-0.15, -0.1) is 0 Å². The van der Waals surface area contributed by atoms with E-state index in [0.29, 0.717) is 30.7 Å². The van der Waals surface area contributed by atoms with Gasteiger partial charge in [0.1, 0.15) is 17.7 Å². The molecule has 1 saturated heterocycles. The van der Waals surface area contributed by atoms with E-state index in [9.17, 15) is 24.0 Å². The summed E-state index contributed by atoms with van der Waals surface area (Å²) in [7, 11) is 0. The number of ketones is 1. The SMILES string of the molecule is CC1(C)C2CN(C(=O)C(NC(=O)OC34CC5CC(CC(C5)C3)C4)C3CCCCC3)C(C(=O)NC(CC3CCC3)C(=O)C(N)=O)C21. The molecule has 5 atom stereocenters. The van der Waals surface area contributed by atoms with Crippen LogP contribution in [0.25, 0.3) is 0 Å². The first kappa shape index (κ1) is 31.0. The number of primary amides is 1. The number of amides is 4. The second-order valence-electron chi connectivity index (χ2n) is 16.7. The molecule has 0 radical (unpaired) electrons. The molecule has 0 aromatic heterocycles. The van der Waals surface area contributed by atoms with E-state index in [0.717, 1.165) is 70.6 Å². The second-order valence-corrected chi connectivity index (χ2v) is 16.7. The van der Waals surface area contributed by atoms with Crippen molar-refractivity contribution in [2.45, 2.75) is 134 Å². The Labute approximate surface area is 266 Å². The van der Waals surface area contributed by atoms with Crippen molar-refractivity contribution in [1.29, 1.82) is 0 Å². The topological polar surface area (TPSA) is 148 Å². The molecule has 8 fully saturated rings. The lowest BCUT2D eigenvalue weighted by Gasteiger charge is -2.55. The summed E-state index contributed by atoms with van der Waals surface area (Å²) in [5.74, 6) is -0.232. The summed E-state index contributed by atoms with van der Waals surface area (Å²) in [4.78, 5) is 68.5. The van der Waals surface area contributed by atoms with E-state index in [2.05, 4.69) is 24.5 Å². The van der Waals surface area contributed by atoms with Crippen molar-refractivity contribution in [3.8, 4) is 0 Å². The number of carbonyl (C=O) groups excluding carboxylic acids is 5. The van der Waals surface area contributed by atoms with Crippen LogP contribution < -0.4 is 16.4 Å². The third-order valence-corrected chi connectivity index (χ3v) is 13.4. The molecule has 1 aliphatic heterocycles. The van der Waals surface area contributed by atoms with E-state index in [-0.39, 0.29) is 35.0 Å². The normalized spacial score (nSPS) is 37.6. The fraction of sp³-hybridized carbons (Fsp3) is 0.857. The molecular weight excluding hydrogens is 572 g/mol. The summed E-state index contributed by atoms with van der Waals surface area (Å²) in [5, 5.41) is 5.93. The number of hydrogen-bond donors (Lipinski definition) is 3. The van der Waals surface area contributed by atoms with Gasteiger partial charge in [-0.25, -0.2) is 4.79 Å². The van der Waals surface area contributed by atoms with E-state index in [4.69, 9.17) is 10.5 Å². The number of likely N-dealkylation sites (tertiary alicyclic amines) is 1. The van der Waals surface area contributed by atoms with E-state index in [1.54, 1.807) is 4.90 Å². The third kappa shape index (κ3) is 5.77. The van der Waals surface area contributed by atoms with Crippen LogP contribution in [0.2, 0.25) is 0 Å². The molecule has 7 saturated carbocycles. The Hall–Kier alpha value is -2.65. The van der Waals surface area contributed by atoms with Gasteiger partial charge in [0, 0.05) is 6.54 Å². The summed E-state index contributed by atoms with van der Waals surface area (Å²) >= 11 is 0. The Bertz CT molecular complexity index is 1200. The number of nitrogens with one attached hydrogen (secondary N) is 2. The summed E-state index contributed by atoms with van der Waals surface area (Å²) < 4.78 is 6.30. The Morgan fingerprint density at radius 1 is 0.867 bits per heavy atom. The Morgan fingerprint density at radius 3 is 2.04 bits per heavy atom. The van der Waals surface area contributed by atoms with E-state index >= 15 is 0 Å². The van der Waals surface area contributed by atoms with Crippen LogP contribution in [0.5, 0.6) is 0 Å². The lowest BCUT2D eigenvalue weighted by Crippen LogP contribution is -2.60. The first-order valence-electron chi connectivity index (χ1n) is 17.9. The van der Waals surface area contributed by atoms with Crippen LogP contribution >= 0.6 is 0 Å². The Morgan fingerprint density at radius 2 is 1.49 bits per heavy atom. The van der Waals surface area contributed by atoms with Gasteiger partial charge in [0.05, 0.1) is 6.04 Å². The van der Waals surface area contributed by atoms with Crippen molar-refractivity contribution in [2.24, 2.45) is 52.6 Å². The van der Waals surface area contributed by atoms with E-state index < -0.39 is 47.4 Å². The number of nitrogens with two attached hydrogens (primary N) is 1. The molecule has 10 nitrogen and oxygen atoms in total. The highest BCUT2D eigenvalue weighted by Gasteiger charge is 2.70. The fourth-order valence-corrected chi connectivity index (χ4v) is 11.1. The zero-order chi connectivity index (χ0) is 31.7. The van der Waals surface area contributed by atoms with Gasteiger partial charge >= 0.3 is 6.09 Å². The molecule has 4 amide bonds. The molecule has 10 heteroatoms. The maximum atomic E-state index is 14.5. The zero-order valence-corrected chi connectivity index (χ0v) is 27.1. The molecule has 8 aliphatic rings. The van der Waals surface area contributed by atoms with Crippen LogP contribution in [0, 0.1) is 46.8 Å². The van der Waals surface area contributed by atoms with Crippen LogP contribution in [-0.2, 0) is 23.9 Å². The minimum Gasteiger partial charge on any atom is -0.443 e. The molecule has 7 aliphatic carbocycles. The Kier molecular flexibility index (Phi) is 7.95. The molecule has 5 unspecified atom stereocenters. The number of hydrogen-bond acceptors (Lipinski definition) is 6. The first-order chi connectivity index (χ1) is 21.4. The molecule has 45 heavy (non-hydrogen) atoms. The van der Waals surface area contributed by atoms with Crippen LogP contribution in [0.15, 0.2) is 0 Å². The van der Waals surface area contributed by atoms with Crippen LogP contribution in [0.1, 0.15) is 110 Å². The molecule has 0 aromatic rings. The summed E-state index contributed by atoms with van der Waals surface area (Å²) in [6.07, 6.45) is 14.2. The minimum atomic E-state index is -1.05. The van der Waals surface area contributed by atoms with Gasteiger partial charge in [0.15, 0.2) is 0 Å². The quantitative estimate of drug-likeness (QED) is 0.315. The average Bonchev–Trinajstić information content (AvgIpc) is 3.27. The average molecular weight is 625 g/mol. The van der Waals surface area contributed by atoms with E-state index in [1.807, 2.05) is 0 Å². The number of rotatable bonds is 10. The smallest absolute Gasteiger partial charge is 0.408 e. The number of piperidine rings is 1. The van der Waals surface area contributed by atoms with Crippen molar-refractivity contribution in [3.63, 3.8) is 0 Å². The summed E-state index contributed by atoms with van der Waals surface area (Å²) in [6, 6.07) is -2.52. The number of nitrogens with zero attached hydrogens (tertiary/aromatic N) is 1. The number of fused-ring (bicyclic) bond motifs is 1. The van der Waals surface area contributed by atoms with Crippen LogP contribution in [0.3, 0.4) is 0 Å². The molecule has 248 valence electrons. The number of carbonyl (C=O) groups is 5. The molecule has 0 aromatic carbocycles. The van der Waals surface area contributed by atoms with Gasteiger partial charge in [-0.2, -0.15) is 0 Å². The van der Waals surface area contributed by atoms with Crippen molar-refractivity contribution in [3.05, 3.63) is 0 Å². The van der Waals surface area contributed by atoms with Crippen LogP contribution in [0.4, 0.5) is 4.79 Å². The lowest BCUT2D eigenvalue weighted by molar-refractivity contribution is -0.145. The van der Waals surface area contributed by atoms with Crippen molar-refractivity contribution in [2.75, 3.05) is 6.54 Å². The fourth-order valence-electron chi connectivity index (χ4n) is 11.1. The second kappa shape index (κ2) is 11.5. The highest BCUT2D eigenvalue weighted by atomic mass is 16.6. The molecule has 4 bridgehead atoms. The standard InChI is InChI=1S/C35H52N4O6/c1-34(2)24-18-39(28(26(24)34)31(42)37-25(29(40)30(36)41)14-19-7-6-8-19)32(43)27(23-9-4-3-5-10-23)38-33(44)45-35-15-20-11-21(16-35)13-22(12-20)17-35/h19-28H,3-18H2,1-2H3,(H2,36,41)(H,37,42)(H,38,44). The maximum absolute atomic E-state index is 14.5. The van der Waals surface area contributed by atoms with Crippen molar-refractivity contribution >= 4 is 29.6 Å². The van der Waals surface area contributed by atoms with Crippen molar-refractivity contribution in [1.82, 2.24) is 15.5 Å². The number of ether oxygens (including phenoxy) is 1. The molecule has 8 rings (SSSR count). The molecule has 4 N–H and O–H groups in total. The summed E-state index contributed by atoms with van der Waals surface area (Å²) in [6.45, 7) is 4.66. The number of alkyl carbamates (subject to hydrolysis) is 1. The van der Waals surface area contributed by atoms with Crippen LogP contribution in [-0.4, -0.2) is 64.8 Å². The zero-order valence-electron chi connectivity index (χ0n) is 27.1. The predicted molar refractivity (Wildman–Crippen MR) is 165 cm³/mol. The largest absolute Gasteiger partial charge is 0.443 e. The molecular formula is C35H52N4O6. The summed E-state index contributed by atoms with van der Waals surface area (Å²) in [5.41, 5.74) is 4.84. The monoisotopic (exact) mass is 624 g/mol. The van der Waals surface area contributed by atoms with Gasteiger partial charge in [0.2, 0.25) is 17.6 Å². The highest BCUT2D eigenvalue weighted by Crippen LogP contribution is 2.65. The highest BCUT2D eigenvalue weighted by molar-refractivity contribution is 6.37. The van der Waals surface area contributed by atoms with Gasteiger partial charge in [-0.05, 0) is 105 Å².